The Kier molecular flexibility index (Phi) is 55.4. The van der Waals surface area contributed by atoms with Crippen LogP contribution in [0, 0.1) is 0 Å². The molecule has 0 heterocycles. The number of rotatable bonds is 56. The number of carbonyl (C=O) groups excluding carboxylic acids is 2. The summed E-state index contributed by atoms with van der Waals surface area (Å²) in [6.45, 7) is 4.29. The zero-order valence-electron chi connectivity index (χ0n) is 50.6. The molecular weight excluding hydrogens is 990 g/mol. The highest BCUT2D eigenvalue weighted by Crippen LogP contribution is 2.43. The Morgan fingerprint density at radius 2 is 0.731 bits per heavy atom. The Bertz CT molecular complexity index is 1730. The van der Waals surface area contributed by atoms with Gasteiger partial charge < -0.3 is 18.9 Å². The Morgan fingerprint density at radius 1 is 0.410 bits per heavy atom. The topological polar surface area (TPSA) is 108 Å². The van der Waals surface area contributed by atoms with E-state index in [4.69, 9.17) is 18.5 Å². The minimum atomic E-state index is -4.40. The van der Waals surface area contributed by atoms with Crippen LogP contribution in [-0.2, 0) is 32.7 Å². The minimum absolute atomic E-state index is 0.0212. The molecule has 446 valence electrons. The summed E-state index contributed by atoms with van der Waals surface area (Å²) >= 11 is 0. The molecule has 78 heavy (non-hydrogen) atoms. The monoisotopic (exact) mass is 1110 g/mol. The van der Waals surface area contributed by atoms with Crippen LogP contribution >= 0.6 is 7.82 Å². The number of allylic oxidation sites excluding steroid dienone is 20. The minimum Gasteiger partial charge on any atom is -0.462 e. The normalized spacial score (nSPS) is 14.1. The van der Waals surface area contributed by atoms with E-state index < -0.39 is 26.5 Å². The predicted octanol–water partition coefficient (Wildman–Crippen LogP) is 19.9. The van der Waals surface area contributed by atoms with Crippen molar-refractivity contribution in [3.8, 4) is 0 Å². The summed E-state index contributed by atoms with van der Waals surface area (Å²) in [7, 11) is 1.45. The number of ether oxygens (including phenoxy) is 2. The Labute approximate surface area is 479 Å². The third-order valence-corrected chi connectivity index (χ3v) is 14.0. The molecule has 0 aliphatic rings. The van der Waals surface area contributed by atoms with Gasteiger partial charge in [0.15, 0.2) is 6.10 Å². The molecule has 2 unspecified atom stereocenters. The zero-order chi connectivity index (χ0) is 57.0. The van der Waals surface area contributed by atoms with Crippen LogP contribution in [0.25, 0.3) is 0 Å². The molecule has 0 amide bonds. The SMILES string of the molecule is CC/C=C\C/C=C\C/C=C\C/C=C\C/C=C\C/C=C\C/C=C\C/C=C\C/C=C\CCCCCCCC(=O)OC(COC(=O)CCCCCCCCCCC/C=C\CCCCCCCCCC)COP(=O)(O)OCC[N+](C)(C)C. The van der Waals surface area contributed by atoms with Gasteiger partial charge in [-0.25, -0.2) is 4.57 Å². The number of hydrogen-bond donors (Lipinski definition) is 1. The predicted molar refractivity (Wildman–Crippen MR) is 334 cm³/mol. The molecule has 0 saturated carbocycles. The highest BCUT2D eigenvalue weighted by atomic mass is 31.2. The second-order valence-electron chi connectivity index (χ2n) is 21.7. The molecule has 0 aromatic rings. The number of nitrogens with zero attached hydrogens (tertiary/aromatic N) is 1. The molecule has 9 nitrogen and oxygen atoms in total. The average Bonchev–Trinajstić information content (AvgIpc) is 3.41. The van der Waals surface area contributed by atoms with E-state index >= 15 is 0 Å². The molecule has 1 N–H and O–H groups in total. The van der Waals surface area contributed by atoms with Crippen LogP contribution in [0.1, 0.15) is 245 Å². The highest BCUT2D eigenvalue weighted by molar-refractivity contribution is 7.47. The molecular formula is C68H117NO8P+. The molecule has 0 saturated heterocycles. The molecule has 0 fully saturated rings. The third kappa shape index (κ3) is 61.6. The van der Waals surface area contributed by atoms with Crippen molar-refractivity contribution >= 4 is 19.8 Å². The van der Waals surface area contributed by atoms with E-state index in [1.807, 2.05) is 21.1 Å². The summed E-state index contributed by atoms with van der Waals surface area (Å²) in [6, 6.07) is 0. The van der Waals surface area contributed by atoms with E-state index in [2.05, 4.69) is 135 Å². The first-order valence-corrected chi connectivity index (χ1v) is 32.8. The van der Waals surface area contributed by atoms with Crippen molar-refractivity contribution in [2.75, 3.05) is 47.5 Å². The van der Waals surface area contributed by atoms with E-state index in [-0.39, 0.29) is 32.0 Å². The van der Waals surface area contributed by atoms with Gasteiger partial charge in [0.05, 0.1) is 27.7 Å². The molecule has 0 aliphatic carbocycles. The lowest BCUT2D eigenvalue weighted by Crippen LogP contribution is -2.37. The molecule has 2 atom stereocenters. The smallest absolute Gasteiger partial charge is 0.462 e. The number of quaternary nitrogens is 1. The molecule has 0 rings (SSSR count). The Morgan fingerprint density at radius 3 is 1.10 bits per heavy atom. The molecule has 10 heteroatoms. The first-order chi connectivity index (χ1) is 38.0. The van der Waals surface area contributed by atoms with Gasteiger partial charge in [0, 0.05) is 12.8 Å². The van der Waals surface area contributed by atoms with E-state index in [0.717, 1.165) is 109 Å². The molecule has 0 aliphatic heterocycles. The number of unbranched alkanes of at least 4 members (excludes halogenated alkanes) is 22. The van der Waals surface area contributed by atoms with Crippen LogP contribution in [-0.4, -0.2) is 74.9 Å². The number of phosphoric acid groups is 1. The van der Waals surface area contributed by atoms with E-state index in [1.165, 1.54) is 103 Å². The molecule has 0 spiro atoms. The van der Waals surface area contributed by atoms with Crippen LogP contribution in [0.5, 0.6) is 0 Å². The van der Waals surface area contributed by atoms with Crippen molar-refractivity contribution in [3.05, 3.63) is 122 Å². The highest BCUT2D eigenvalue weighted by Gasteiger charge is 2.27. The van der Waals surface area contributed by atoms with Gasteiger partial charge in [0.1, 0.15) is 19.8 Å². The van der Waals surface area contributed by atoms with Crippen LogP contribution in [0.15, 0.2) is 122 Å². The van der Waals surface area contributed by atoms with Crippen molar-refractivity contribution in [2.24, 2.45) is 0 Å². The van der Waals surface area contributed by atoms with Gasteiger partial charge in [0.2, 0.25) is 0 Å². The van der Waals surface area contributed by atoms with E-state index in [1.54, 1.807) is 0 Å². The lowest BCUT2D eigenvalue weighted by molar-refractivity contribution is -0.870. The van der Waals surface area contributed by atoms with E-state index in [9.17, 15) is 19.0 Å². The van der Waals surface area contributed by atoms with Gasteiger partial charge in [-0.1, -0.05) is 245 Å². The fraction of sp³-hybridized carbons (Fsp3) is 0.676. The lowest BCUT2D eigenvalue weighted by atomic mass is 10.1. The van der Waals surface area contributed by atoms with Gasteiger partial charge in [-0.3, -0.25) is 18.6 Å². The summed E-state index contributed by atoms with van der Waals surface area (Å²) in [5.74, 6) is -0.826. The molecule has 0 bridgehead atoms. The summed E-state index contributed by atoms with van der Waals surface area (Å²) in [5.41, 5.74) is 0. The van der Waals surface area contributed by atoms with Crippen molar-refractivity contribution in [2.45, 2.75) is 251 Å². The Balaban J connectivity index is 4.22. The van der Waals surface area contributed by atoms with Crippen molar-refractivity contribution in [1.82, 2.24) is 0 Å². The van der Waals surface area contributed by atoms with E-state index in [0.29, 0.717) is 17.4 Å². The average molecular weight is 1110 g/mol. The van der Waals surface area contributed by atoms with Crippen LogP contribution < -0.4 is 0 Å². The fourth-order valence-corrected chi connectivity index (χ4v) is 8.92. The van der Waals surface area contributed by atoms with Crippen molar-refractivity contribution < 1.29 is 42.1 Å². The number of esters is 2. The second-order valence-corrected chi connectivity index (χ2v) is 23.2. The fourth-order valence-electron chi connectivity index (χ4n) is 8.18. The Hall–Kier alpha value is -3.59. The van der Waals surface area contributed by atoms with Gasteiger partial charge in [0.25, 0.3) is 0 Å². The summed E-state index contributed by atoms with van der Waals surface area (Å²) in [5, 5.41) is 0. The van der Waals surface area contributed by atoms with Crippen LogP contribution in [0.4, 0.5) is 0 Å². The lowest BCUT2D eigenvalue weighted by Gasteiger charge is -2.24. The van der Waals surface area contributed by atoms with Gasteiger partial charge in [-0.15, -0.1) is 0 Å². The third-order valence-electron chi connectivity index (χ3n) is 13.0. The van der Waals surface area contributed by atoms with Crippen LogP contribution in [0.3, 0.4) is 0 Å². The van der Waals surface area contributed by atoms with Gasteiger partial charge in [-0.2, -0.15) is 0 Å². The maximum Gasteiger partial charge on any atom is 0.472 e. The van der Waals surface area contributed by atoms with Gasteiger partial charge >= 0.3 is 19.8 Å². The summed E-state index contributed by atoms with van der Waals surface area (Å²) in [4.78, 5) is 35.8. The number of hydrogen-bond acceptors (Lipinski definition) is 7. The van der Waals surface area contributed by atoms with Crippen molar-refractivity contribution in [3.63, 3.8) is 0 Å². The van der Waals surface area contributed by atoms with Gasteiger partial charge in [-0.05, 0) is 109 Å². The quantitative estimate of drug-likeness (QED) is 0.0211. The van der Waals surface area contributed by atoms with Crippen LogP contribution in [0.2, 0.25) is 0 Å². The molecule has 0 aromatic carbocycles. The second kappa shape index (κ2) is 58.1. The standard InChI is InChI=1S/C68H116NO8P/c1-6-8-10-12-14-16-18-20-22-24-26-28-29-30-31-32-33-34-35-36-37-38-39-41-43-45-47-49-51-53-55-57-59-61-68(71)77-66(65-76-78(72,73)75-63-62-69(3,4)5)64-74-67(70)60-58-56-54-52-50-48-46-44-42-40-27-25-23-21-19-17-15-13-11-9-7-2/h8,10,14,16,20,22,25-28,30-31,33-34,36-37,39,41,45,47,66H,6-7,9,11-13,15,17-19,21,23-24,29,32,35,38,40,42-44,46,48-65H2,1-5H3/p+1/b10-8-,16-14-,22-20-,27-25-,28-26-,31-30-,34-33-,37-36-,41-39-,47-45-. The first kappa shape index (κ1) is 74.4. The largest absolute Gasteiger partial charge is 0.472 e. The molecule has 0 radical (unpaired) electrons. The number of phosphoric ester groups is 1. The first-order valence-electron chi connectivity index (χ1n) is 31.3. The number of carbonyl (C=O) groups is 2. The van der Waals surface area contributed by atoms with Crippen molar-refractivity contribution in [1.29, 1.82) is 0 Å². The zero-order valence-corrected chi connectivity index (χ0v) is 51.5. The summed E-state index contributed by atoms with van der Waals surface area (Å²) < 4.78 is 34.6. The molecule has 0 aromatic heterocycles. The maximum absolute atomic E-state index is 12.8. The number of likely N-dealkylation sites (N-methyl/N-ethyl adjacent to an activating group) is 1. The maximum atomic E-state index is 12.8. The summed E-state index contributed by atoms with van der Waals surface area (Å²) in [6.07, 6.45) is 82.7.